The molecule has 0 aliphatic heterocycles. The lowest BCUT2D eigenvalue weighted by atomic mass is 10.1. The Kier molecular flexibility index (Phi) is 5.63. The first-order chi connectivity index (χ1) is 15.5. The second-order valence-electron chi connectivity index (χ2n) is 7.87. The van der Waals surface area contributed by atoms with Crippen LogP contribution in [0.4, 0.5) is 29.1 Å². The molecule has 0 atom stereocenters. The molecule has 3 heterocycles. The van der Waals surface area contributed by atoms with E-state index in [9.17, 15) is 22.7 Å². The smallest absolute Gasteiger partial charge is 0.256 e. The molecular weight excluding hydrogens is 440 g/mol. The van der Waals surface area contributed by atoms with Crippen molar-refractivity contribution in [3.8, 4) is 11.8 Å². The van der Waals surface area contributed by atoms with E-state index < -0.39 is 30.2 Å². The van der Waals surface area contributed by atoms with E-state index in [2.05, 4.69) is 32.1 Å². The van der Waals surface area contributed by atoms with Crippen molar-refractivity contribution in [3.05, 3.63) is 47.8 Å². The number of halogens is 4. The number of aryl methyl sites for hydroxylation is 1. The van der Waals surface area contributed by atoms with Gasteiger partial charge in [0.25, 0.3) is 6.43 Å². The summed E-state index contributed by atoms with van der Waals surface area (Å²) < 4.78 is 58.0. The molecule has 0 saturated heterocycles. The van der Waals surface area contributed by atoms with Gasteiger partial charge >= 0.3 is 0 Å². The minimum atomic E-state index is -2.86. The molecule has 7 nitrogen and oxygen atoms in total. The number of nitrogens with zero attached hydrogens (tertiary/aromatic N) is 6. The number of rotatable bonds is 4. The molecule has 4 aromatic rings. The number of alkyl halides is 2. The van der Waals surface area contributed by atoms with Crippen LogP contribution in [0.2, 0.25) is 0 Å². The summed E-state index contributed by atoms with van der Waals surface area (Å²) in [5, 5.41) is 17.8. The molecule has 0 fully saturated rings. The molecule has 0 bridgehead atoms. The average molecular weight is 458 g/mol. The van der Waals surface area contributed by atoms with Crippen LogP contribution in [-0.2, 0) is 7.05 Å². The molecule has 11 heteroatoms. The van der Waals surface area contributed by atoms with Crippen LogP contribution in [0.25, 0.3) is 21.9 Å². The lowest BCUT2D eigenvalue weighted by Gasteiger charge is -2.25. The number of anilines is 2. The molecular formula is C22H18F4N6O. The van der Waals surface area contributed by atoms with Crippen LogP contribution >= 0.6 is 0 Å². The molecule has 3 aromatic heterocycles. The molecule has 4 rings (SSSR count). The molecule has 0 radical (unpaired) electrons. The van der Waals surface area contributed by atoms with Gasteiger partial charge < -0.3 is 10.0 Å². The summed E-state index contributed by atoms with van der Waals surface area (Å²) in [4.78, 5) is 9.15. The number of aromatic nitrogens is 5. The molecule has 0 spiro atoms. The van der Waals surface area contributed by atoms with Gasteiger partial charge in [0.1, 0.15) is 22.8 Å². The summed E-state index contributed by atoms with van der Waals surface area (Å²) in [5.74, 6) is 3.43. The van der Waals surface area contributed by atoms with Crippen LogP contribution in [-0.4, -0.2) is 48.6 Å². The lowest BCUT2D eigenvalue weighted by Crippen LogP contribution is -2.25. The number of hydrogen-bond acceptors (Lipinski definition) is 6. The number of aliphatic hydroxyl groups is 1. The molecule has 1 aromatic carbocycles. The summed E-state index contributed by atoms with van der Waals surface area (Å²) in [6.45, 7) is 2.00. The highest BCUT2D eigenvalue weighted by Gasteiger charge is 2.25. The number of benzene rings is 1. The van der Waals surface area contributed by atoms with Crippen LogP contribution in [0, 0.1) is 23.5 Å². The molecule has 0 aliphatic carbocycles. The maximum atomic E-state index is 14.9. The van der Waals surface area contributed by atoms with Crippen LogP contribution < -0.4 is 4.90 Å². The maximum absolute atomic E-state index is 14.9. The van der Waals surface area contributed by atoms with Crippen molar-refractivity contribution in [1.82, 2.24) is 25.0 Å². The zero-order valence-corrected chi connectivity index (χ0v) is 17.8. The standard InChI is InChI=1S/C22H18F4N6O/c1-22(2,33)5-4-12-6-13(23)8-14(7-12)32(11-17(25)26)21-18-15(9-27-10-16(18)24)19-20(28-21)29-30-31(19)3/h6-10,17,33H,11H2,1-3H3. The first-order valence-corrected chi connectivity index (χ1v) is 9.78. The Labute approximate surface area is 185 Å². The fraction of sp³-hybridized carbons (Fsp3) is 0.273. The molecule has 170 valence electrons. The van der Waals surface area contributed by atoms with Crippen LogP contribution in [0.5, 0.6) is 0 Å². The normalized spacial score (nSPS) is 11.8. The van der Waals surface area contributed by atoms with Crippen molar-refractivity contribution in [3.63, 3.8) is 0 Å². The Morgan fingerprint density at radius 1 is 1.18 bits per heavy atom. The highest BCUT2D eigenvalue weighted by molar-refractivity contribution is 6.08. The minimum absolute atomic E-state index is 0.0244. The van der Waals surface area contributed by atoms with E-state index in [4.69, 9.17) is 0 Å². The second kappa shape index (κ2) is 8.29. The third-order valence-corrected chi connectivity index (χ3v) is 4.68. The third-order valence-electron chi connectivity index (χ3n) is 4.68. The van der Waals surface area contributed by atoms with Crippen LogP contribution in [0.3, 0.4) is 0 Å². The first-order valence-electron chi connectivity index (χ1n) is 9.78. The Morgan fingerprint density at radius 2 is 1.94 bits per heavy atom. The van der Waals surface area contributed by atoms with Crippen molar-refractivity contribution in [2.24, 2.45) is 7.05 Å². The first kappa shape index (κ1) is 22.4. The SMILES string of the molecule is Cn1nnc2nc(N(CC(F)F)c3cc(F)cc(C#CC(C)(C)O)c3)c3c(F)cncc3c21. The van der Waals surface area contributed by atoms with E-state index in [1.807, 2.05) is 0 Å². The van der Waals surface area contributed by atoms with Gasteiger partial charge in [-0.3, -0.25) is 4.98 Å². The van der Waals surface area contributed by atoms with Gasteiger partial charge in [-0.25, -0.2) is 27.2 Å². The summed E-state index contributed by atoms with van der Waals surface area (Å²) in [5.41, 5.74) is -0.777. The van der Waals surface area contributed by atoms with Crippen molar-refractivity contribution < 1.29 is 22.7 Å². The van der Waals surface area contributed by atoms with Crippen LogP contribution in [0.1, 0.15) is 19.4 Å². The van der Waals surface area contributed by atoms with E-state index in [0.29, 0.717) is 5.52 Å². The predicted octanol–water partition coefficient (Wildman–Crippen LogP) is 3.72. The lowest BCUT2D eigenvalue weighted by molar-refractivity contribution is 0.143. The number of fused-ring (bicyclic) bond motifs is 3. The third kappa shape index (κ3) is 4.56. The number of hydrogen-bond donors (Lipinski definition) is 1. The average Bonchev–Trinajstić information content (AvgIpc) is 3.10. The van der Waals surface area contributed by atoms with Crippen molar-refractivity contribution in [2.45, 2.75) is 25.9 Å². The highest BCUT2D eigenvalue weighted by atomic mass is 19.3. The van der Waals surface area contributed by atoms with Gasteiger partial charge in [-0.2, -0.15) is 0 Å². The Morgan fingerprint density at radius 3 is 2.64 bits per heavy atom. The van der Waals surface area contributed by atoms with E-state index in [1.165, 1.54) is 30.8 Å². The Hall–Kier alpha value is -3.78. The molecule has 0 saturated carbocycles. The molecule has 0 aliphatic rings. The van der Waals surface area contributed by atoms with Gasteiger partial charge in [-0.05, 0) is 32.0 Å². The van der Waals surface area contributed by atoms with Gasteiger partial charge in [0.15, 0.2) is 5.82 Å². The molecule has 1 N–H and O–H groups in total. The van der Waals surface area contributed by atoms with E-state index in [-0.39, 0.29) is 33.5 Å². The Bertz CT molecular complexity index is 1420. The second-order valence-corrected chi connectivity index (χ2v) is 7.87. The largest absolute Gasteiger partial charge is 0.378 e. The van der Waals surface area contributed by atoms with Gasteiger partial charge in [0, 0.05) is 29.9 Å². The zero-order chi connectivity index (χ0) is 23.9. The van der Waals surface area contributed by atoms with E-state index >= 15 is 0 Å². The van der Waals surface area contributed by atoms with E-state index in [1.54, 1.807) is 7.05 Å². The topological polar surface area (TPSA) is 80.0 Å². The monoisotopic (exact) mass is 458 g/mol. The van der Waals surface area contributed by atoms with Crippen molar-refractivity contribution in [2.75, 3.05) is 11.4 Å². The van der Waals surface area contributed by atoms with E-state index in [0.717, 1.165) is 23.2 Å². The van der Waals surface area contributed by atoms with Gasteiger partial charge in [-0.15, -0.1) is 5.10 Å². The maximum Gasteiger partial charge on any atom is 0.256 e. The van der Waals surface area contributed by atoms with Crippen molar-refractivity contribution >= 4 is 33.4 Å². The summed E-state index contributed by atoms with van der Waals surface area (Å²) in [6, 6.07) is 3.48. The van der Waals surface area contributed by atoms with Crippen molar-refractivity contribution in [1.29, 1.82) is 0 Å². The molecule has 33 heavy (non-hydrogen) atoms. The quantitative estimate of drug-likeness (QED) is 0.371. The fourth-order valence-electron chi connectivity index (χ4n) is 3.39. The Balaban J connectivity index is 1.99. The minimum Gasteiger partial charge on any atom is -0.378 e. The van der Waals surface area contributed by atoms with Gasteiger partial charge in [-0.1, -0.05) is 17.1 Å². The predicted molar refractivity (Wildman–Crippen MR) is 114 cm³/mol. The highest BCUT2D eigenvalue weighted by Crippen LogP contribution is 2.36. The van der Waals surface area contributed by atoms with Gasteiger partial charge in [0.05, 0.1) is 18.1 Å². The molecule has 0 amide bonds. The summed E-state index contributed by atoms with van der Waals surface area (Å²) >= 11 is 0. The van der Waals surface area contributed by atoms with Gasteiger partial charge in [0.2, 0.25) is 5.65 Å². The number of pyridine rings is 2. The summed E-state index contributed by atoms with van der Waals surface area (Å²) in [7, 11) is 1.58. The fourth-order valence-corrected chi connectivity index (χ4v) is 3.39. The zero-order valence-electron chi connectivity index (χ0n) is 17.8. The summed E-state index contributed by atoms with van der Waals surface area (Å²) in [6.07, 6.45) is -0.560. The molecule has 0 unspecified atom stereocenters. The van der Waals surface area contributed by atoms with Crippen LogP contribution in [0.15, 0.2) is 30.6 Å².